The minimum absolute atomic E-state index is 0.132. The van der Waals surface area contributed by atoms with E-state index in [1.807, 2.05) is 4.90 Å². The van der Waals surface area contributed by atoms with E-state index in [9.17, 15) is 17.2 Å². The lowest BCUT2D eigenvalue weighted by Crippen LogP contribution is -2.41. The van der Waals surface area contributed by atoms with Gasteiger partial charge in [-0.2, -0.15) is 0 Å². The molecule has 0 bridgehead atoms. The van der Waals surface area contributed by atoms with Gasteiger partial charge in [0.25, 0.3) is 5.92 Å². The van der Waals surface area contributed by atoms with E-state index in [0.29, 0.717) is 30.2 Å². The van der Waals surface area contributed by atoms with E-state index >= 15 is 0 Å². The van der Waals surface area contributed by atoms with Crippen LogP contribution in [0.4, 0.5) is 8.78 Å². The first-order valence-corrected chi connectivity index (χ1v) is 11.4. The van der Waals surface area contributed by atoms with Gasteiger partial charge >= 0.3 is 0 Å². The van der Waals surface area contributed by atoms with Gasteiger partial charge in [0.2, 0.25) is 5.88 Å². The Balaban J connectivity index is 1.35. The maximum Gasteiger partial charge on any atom is 0.257 e. The normalized spacial score (nSPS) is 24.7. The van der Waals surface area contributed by atoms with Gasteiger partial charge < -0.3 is 4.74 Å². The third kappa shape index (κ3) is 6.10. The maximum atomic E-state index is 13.1. The zero-order valence-corrected chi connectivity index (χ0v) is 16.7. The van der Waals surface area contributed by atoms with Crippen LogP contribution in [-0.4, -0.2) is 56.7 Å². The Bertz CT molecular complexity index is 726. The smallest absolute Gasteiger partial charge is 0.257 e. The zero-order chi connectivity index (χ0) is 19.7. The highest BCUT2D eigenvalue weighted by Crippen LogP contribution is 2.49. The van der Waals surface area contributed by atoms with Gasteiger partial charge in [0.05, 0.1) is 18.0 Å². The maximum absolute atomic E-state index is 13.1. The van der Waals surface area contributed by atoms with Gasteiger partial charge in [-0.25, -0.2) is 22.2 Å². The van der Waals surface area contributed by atoms with Gasteiger partial charge in [-0.05, 0) is 62.6 Å². The Morgan fingerprint density at radius 1 is 1.30 bits per heavy atom. The van der Waals surface area contributed by atoms with Crippen molar-refractivity contribution < 1.29 is 21.9 Å². The molecule has 8 heteroatoms. The molecule has 0 spiro atoms. The van der Waals surface area contributed by atoms with E-state index in [1.54, 1.807) is 6.07 Å². The molecular weight excluding hydrogens is 374 g/mol. The van der Waals surface area contributed by atoms with Crippen LogP contribution in [0.5, 0.6) is 5.88 Å². The fourth-order valence-corrected chi connectivity index (χ4v) is 4.66. The number of ether oxygens (including phenoxy) is 1. The van der Waals surface area contributed by atoms with Crippen LogP contribution in [0.25, 0.3) is 0 Å². The number of aromatic nitrogens is 1. The second-order valence-electron chi connectivity index (χ2n) is 8.08. The van der Waals surface area contributed by atoms with Gasteiger partial charge in [0.1, 0.15) is 0 Å². The number of pyridine rings is 1. The summed E-state index contributed by atoms with van der Waals surface area (Å²) in [5.74, 6) is -0.194. The molecule has 2 fully saturated rings. The number of likely N-dealkylation sites (tertiary alicyclic amines) is 1. The fourth-order valence-electron chi connectivity index (χ4n) is 4.10. The Morgan fingerprint density at radius 2 is 2.00 bits per heavy atom. The average molecular weight is 403 g/mol. The van der Waals surface area contributed by atoms with Gasteiger partial charge in [-0.3, -0.25) is 4.90 Å². The van der Waals surface area contributed by atoms with Crippen LogP contribution in [-0.2, 0) is 9.84 Å². The van der Waals surface area contributed by atoms with E-state index in [-0.39, 0.29) is 11.4 Å². The van der Waals surface area contributed by atoms with Gasteiger partial charge in [-0.15, -0.1) is 0 Å². The van der Waals surface area contributed by atoms with Crippen molar-refractivity contribution in [1.29, 1.82) is 0 Å². The third-order valence-electron chi connectivity index (χ3n) is 5.59. The van der Waals surface area contributed by atoms with Crippen LogP contribution in [0.15, 0.2) is 23.2 Å². The Kier molecular flexibility index (Phi) is 6.05. The van der Waals surface area contributed by atoms with Crippen molar-refractivity contribution in [3.8, 4) is 5.88 Å². The minimum atomic E-state index is -3.24. The molecule has 1 aliphatic heterocycles. The van der Waals surface area contributed by atoms with E-state index in [1.165, 1.54) is 18.7 Å². The molecule has 0 amide bonds. The number of halogens is 2. The first-order valence-electron chi connectivity index (χ1n) is 9.51. The number of hydrogen-bond donors (Lipinski definition) is 0. The third-order valence-corrected chi connectivity index (χ3v) is 6.69. The van der Waals surface area contributed by atoms with Gasteiger partial charge in [0.15, 0.2) is 9.84 Å². The molecule has 0 aromatic carbocycles. The van der Waals surface area contributed by atoms with Crippen LogP contribution < -0.4 is 4.74 Å². The van der Waals surface area contributed by atoms with Crippen molar-refractivity contribution in [2.45, 2.75) is 43.4 Å². The summed E-state index contributed by atoms with van der Waals surface area (Å²) in [6.45, 7) is 2.95. The summed E-state index contributed by atoms with van der Waals surface area (Å²) < 4.78 is 54.7. The van der Waals surface area contributed by atoms with Gasteiger partial charge in [-0.1, -0.05) is 0 Å². The molecule has 0 N–H and O–H groups in total. The van der Waals surface area contributed by atoms with Crippen LogP contribution in [0.1, 0.15) is 32.6 Å². The average Bonchev–Trinajstić information content (AvgIpc) is 3.33. The first kappa shape index (κ1) is 20.5. The molecule has 1 saturated heterocycles. The van der Waals surface area contributed by atoms with Crippen LogP contribution in [0.3, 0.4) is 0 Å². The molecule has 1 aromatic rings. The lowest BCUT2D eigenvalue weighted by Gasteiger charge is -2.33. The molecule has 0 radical (unpaired) electrons. The van der Waals surface area contributed by atoms with Gasteiger partial charge in [0, 0.05) is 25.4 Å². The molecular formula is C19H28F2N2O3S. The quantitative estimate of drug-likeness (QED) is 0.668. The number of alkyl halides is 2. The number of sulfone groups is 1. The SMILES string of the molecule is CC(F)(F)CN1CCC([C@H]2CC2CCOc2ccc(S(C)(=O)=O)cn2)CC1. The first-order chi connectivity index (χ1) is 12.6. The molecule has 27 heavy (non-hydrogen) atoms. The number of rotatable bonds is 8. The van der Waals surface area contributed by atoms with Crippen LogP contribution in [0.2, 0.25) is 0 Å². The summed E-state index contributed by atoms with van der Waals surface area (Å²) >= 11 is 0. The Hall–Kier alpha value is -1.28. The van der Waals surface area contributed by atoms with Crippen molar-refractivity contribution in [3.05, 3.63) is 18.3 Å². The highest BCUT2D eigenvalue weighted by Gasteiger charge is 2.43. The second-order valence-corrected chi connectivity index (χ2v) is 10.1. The standard InChI is InChI=1S/C19H28F2N2O3S/c1-19(20,21)13-23-8-5-14(6-9-23)17-11-15(17)7-10-26-18-4-3-16(12-22-18)27(2,24)25/h3-4,12,14-15,17H,5-11,13H2,1-2H3/t15?,17-/m1/s1. The molecule has 152 valence electrons. The molecule has 1 aromatic heterocycles. The number of hydrogen-bond acceptors (Lipinski definition) is 5. The highest BCUT2D eigenvalue weighted by atomic mass is 32.2. The summed E-state index contributed by atoms with van der Waals surface area (Å²) in [7, 11) is -3.24. The molecule has 2 atom stereocenters. The topological polar surface area (TPSA) is 59.5 Å². The highest BCUT2D eigenvalue weighted by molar-refractivity contribution is 7.90. The molecule has 1 unspecified atom stereocenters. The summed E-state index contributed by atoms with van der Waals surface area (Å²) in [4.78, 5) is 6.10. The number of piperidine rings is 1. The molecule has 1 saturated carbocycles. The monoisotopic (exact) mass is 402 g/mol. The summed E-state index contributed by atoms with van der Waals surface area (Å²) in [5.41, 5.74) is 0. The summed E-state index contributed by atoms with van der Waals surface area (Å²) in [6.07, 6.45) is 6.62. The second kappa shape index (κ2) is 7.99. The van der Waals surface area contributed by atoms with E-state index in [0.717, 1.165) is 45.5 Å². The van der Waals surface area contributed by atoms with E-state index in [2.05, 4.69) is 4.98 Å². The largest absolute Gasteiger partial charge is 0.478 e. The van der Waals surface area contributed by atoms with Crippen molar-refractivity contribution >= 4 is 9.84 Å². The molecule has 3 rings (SSSR count). The van der Waals surface area contributed by atoms with Crippen molar-refractivity contribution in [3.63, 3.8) is 0 Å². The van der Waals surface area contributed by atoms with E-state index < -0.39 is 15.8 Å². The number of nitrogens with zero attached hydrogens (tertiary/aromatic N) is 2. The van der Waals surface area contributed by atoms with Crippen LogP contribution >= 0.6 is 0 Å². The lowest BCUT2D eigenvalue weighted by atomic mass is 9.90. The van der Waals surface area contributed by atoms with Crippen molar-refractivity contribution in [1.82, 2.24) is 9.88 Å². The van der Waals surface area contributed by atoms with Crippen molar-refractivity contribution in [2.75, 3.05) is 32.5 Å². The fraction of sp³-hybridized carbons (Fsp3) is 0.737. The van der Waals surface area contributed by atoms with Crippen LogP contribution in [0, 0.1) is 17.8 Å². The summed E-state index contributed by atoms with van der Waals surface area (Å²) in [5, 5.41) is 0. The molecule has 1 aliphatic carbocycles. The minimum Gasteiger partial charge on any atom is -0.478 e. The summed E-state index contributed by atoms with van der Waals surface area (Å²) in [6, 6.07) is 3.09. The Labute approximate surface area is 160 Å². The predicted octanol–water partition coefficient (Wildman–Crippen LogP) is 3.26. The molecule has 2 aliphatic rings. The van der Waals surface area contributed by atoms with E-state index in [4.69, 9.17) is 4.74 Å². The molecule has 5 nitrogen and oxygen atoms in total. The molecule has 2 heterocycles. The predicted molar refractivity (Wildman–Crippen MR) is 98.8 cm³/mol. The Morgan fingerprint density at radius 3 is 2.56 bits per heavy atom. The van der Waals surface area contributed by atoms with Crippen molar-refractivity contribution in [2.24, 2.45) is 17.8 Å². The zero-order valence-electron chi connectivity index (χ0n) is 15.9. The lowest BCUT2D eigenvalue weighted by molar-refractivity contribution is -0.0232.